The van der Waals surface area contributed by atoms with Gasteiger partial charge >= 0.3 is 12.1 Å². The van der Waals surface area contributed by atoms with Gasteiger partial charge in [0, 0.05) is 18.8 Å². The van der Waals surface area contributed by atoms with Crippen molar-refractivity contribution in [3.05, 3.63) is 17.0 Å². The zero-order valence-electron chi connectivity index (χ0n) is 16.4. The summed E-state index contributed by atoms with van der Waals surface area (Å²) in [6.07, 6.45) is 7.97. The molecule has 0 radical (unpaired) electrons. The Morgan fingerprint density at radius 1 is 1.18 bits per heavy atom. The summed E-state index contributed by atoms with van der Waals surface area (Å²) in [5.74, 6) is 0. The molecule has 2 aliphatic carbocycles. The number of aryl methyl sites for hydroxylation is 1. The van der Waals surface area contributed by atoms with Gasteiger partial charge in [-0.3, -0.25) is 4.68 Å². The molecule has 9 nitrogen and oxygen atoms in total. The van der Waals surface area contributed by atoms with E-state index in [2.05, 4.69) is 5.10 Å². The topological polar surface area (TPSA) is 95.8 Å². The van der Waals surface area contributed by atoms with Crippen LogP contribution in [0.5, 0.6) is 0 Å². The number of hydrogen-bond donors (Lipinski definition) is 0. The lowest BCUT2D eigenvalue weighted by Gasteiger charge is -2.31. The van der Waals surface area contributed by atoms with Crippen LogP contribution in [0.4, 0.5) is 9.59 Å². The molecule has 2 fully saturated rings. The fourth-order valence-electron chi connectivity index (χ4n) is 4.71. The van der Waals surface area contributed by atoms with Crippen molar-refractivity contribution in [1.82, 2.24) is 23.9 Å². The minimum absolute atomic E-state index is 0.0148. The minimum atomic E-state index is -3.67. The Bertz CT molecular complexity index is 903. The van der Waals surface area contributed by atoms with Crippen LogP contribution >= 0.6 is 0 Å². The van der Waals surface area contributed by atoms with Crippen LogP contribution in [-0.2, 0) is 36.5 Å². The maximum Gasteiger partial charge on any atom is 0.341 e. The molecule has 1 saturated carbocycles. The van der Waals surface area contributed by atoms with Gasteiger partial charge < -0.3 is 4.90 Å². The van der Waals surface area contributed by atoms with Gasteiger partial charge in [-0.05, 0) is 37.7 Å². The number of nitrogens with zero attached hydrogens (tertiary/aromatic N) is 5. The second-order valence-electron chi connectivity index (χ2n) is 7.97. The van der Waals surface area contributed by atoms with Gasteiger partial charge in [-0.2, -0.15) is 5.10 Å². The van der Waals surface area contributed by atoms with Crippen LogP contribution in [-0.4, -0.2) is 69.8 Å². The monoisotopic (exact) mass is 409 g/mol. The van der Waals surface area contributed by atoms with Crippen LogP contribution in [0.25, 0.3) is 0 Å². The average Bonchev–Trinajstić information content (AvgIpc) is 3.38. The molecule has 1 aliphatic heterocycles. The Labute approximate surface area is 165 Å². The summed E-state index contributed by atoms with van der Waals surface area (Å²) in [7, 11) is -1.74. The molecule has 0 spiro atoms. The Morgan fingerprint density at radius 3 is 2.54 bits per heavy atom. The van der Waals surface area contributed by atoms with E-state index in [0.29, 0.717) is 6.54 Å². The van der Waals surface area contributed by atoms with E-state index in [-0.39, 0.29) is 19.1 Å². The summed E-state index contributed by atoms with van der Waals surface area (Å²) >= 11 is 0. The number of hydrogen-bond acceptors (Lipinski definition) is 5. The SMILES string of the molecule is Cn1nc(CN(C(=O)N2CCN(S(C)(=O)=O)C2=O)C2CCCC2)c2c1CCC2. The zero-order chi connectivity index (χ0) is 20.1. The first-order chi connectivity index (χ1) is 13.3. The molecule has 4 rings (SSSR count). The van der Waals surface area contributed by atoms with E-state index in [0.717, 1.165) is 66.1 Å². The number of amides is 4. The van der Waals surface area contributed by atoms with Gasteiger partial charge in [0.1, 0.15) is 0 Å². The third kappa shape index (κ3) is 3.27. The maximum atomic E-state index is 13.3. The molecule has 4 amide bonds. The summed E-state index contributed by atoms with van der Waals surface area (Å²) in [5.41, 5.74) is 3.36. The number of carbonyl (C=O) groups is 2. The highest BCUT2D eigenvalue weighted by Crippen LogP contribution is 2.30. The number of carbonyl (C=O) groups excluding carboxylic acids is 2. The quantitative estimate of drug-likeness (QED) is 0.750. The smallest absolute Gasteiger partial charge is 0.315 e. The lowest BCUT2D eigenvalue weighted by Crippen LogP contribution is -2.49. The van der Waals surface area contributed by atoms with Crippen molar-refractivity contribution < 1.29 is 18.0 Å². The fraction of sp³-hybridized carbons (Fsp3) is 0.722. The number of sulfonamides is 1. The molecular formula is C18H27N5O4S. The molecule has 0 atom stereocenters. The van der Waals surface area contributed by atoms with Crippen molar-refractivity contribution >= 4 is 22.1 Å². The molecule has 0 unspecified atom stereocenters. The van der Waals surface area contributed by atoms with Crippen LogP contribution in [0.2, 0.25) is 0 Å². The van der Waals surface area contributed by atoms with Crippen molar-refractivity contribution in [2.45, 2.75) is 57.5 Å². The van der Waals surface area contributed by atoms with E-state index in [9.17, 15) is 18.0 Å². The molecule has 1 aromatic rings. The van der Waals surface area contributed by atoms with Gasteiger partial charge in [-0.15, -0.1) is 0 Å². The third-order valence-corrected chi connectivity index (χ3v) is 7.27. The third-order valence-electron chi connectivity index (χ3n) is 6.13. The van der Waals surface area contributed by atoms with Gasteiger partial charge in [0.15, 0.2) is 0 Å². The Kier molecular flexibility index (Phi) is 4.84. The molecule has 154 valence electrons. The van der Waals surface area contributed by atoms with Crippen LogP contribution in [0, 0.1) is 0 Å². The molecule has 0 bridgehead atoms. The van der Waals surface area contributed by atoms with Crippen molar-refractivity contribution in [1.29, 1.82) is 0 Å². The molecule has 28 heavy (non-hydrogen) atoms. The van der Waals surface area contributed by atoms with E-state index >= 15 is 0 Å². The molecule has 2 heterocycles. The number of imide groups is 1. The molecule has 0 aromatic carbocycles. The largest absolute Gasteiger partial charge is 0.341 e. The number of aromatic nitrogens is 2. The highest BCUT2D eigenvalue weighted by molar-refractivity contribution is 7.88. The second-order valence-corrected chi connectivity index (χ2v) is 9.87. The summed E-state index contributed by atoms with van der Waals surface area (Å²) in [4.78, 5) is 28.7. The standard InChI is InChI=1S/C18H27N5O4S/c1-20-16-9-5-8-14(16)15(19-20)12-22(13-6-3-4-7-13)17(24)21-10-11-23(18(21)25)28(2,26)27/h13H,3-12H2,1-2H3. The molecule has 1 aromatic heterocycles. The number of rotatable bonds is 4. The van der Waals surface area contributed by atoms with E-state index in [1.807, 2.05) is 11.7 Å². The molecule has 10 heteroatoms. The van der Waals surface area contributed by atoms with Gasteiger partial charge in [0.25, 0.3) is 0 Å². The first-order valence-corrected chi connectivity index (χ1v) is 11.8. The fourth-order valence-corrected chi connectivity index (χ4v) is 5.51. The van der Waals surface area contributed by atoms with Gasteiger partial charge in [-0.25, -0.2) is 27.2 Å². The normalized spacial score (nSPS) is 20.3. The van der Waals surface area contributed by atoms with Crippen LogP contribution in [0.15, 0.2) is 0 Å². The minimum Gasteiger partial charge on any atom is -0.315 e. The van der Waals surface area contributed by atoms with Crippen LogP contribution in [0.3, 0.4) is 0 Å². The molecule has 0 N–H and O–H groups in total. The van der Waals surface area contributed by atoms with Gasteiger partial charge in [0.2, 0.25) is 10.0 Å². The predicted octanol–water partition coefficient (Wildman–Crippen LogP) is 1.47. The summed E-state index contributed by atoms with van der Waals surface area (Å²) in [6.45, 7) is 0.477. The predicted molar refractivity (Wildman–Crippen MR) is 102 cm³/mol. The Hall–Kier alpha value is -2.10. The highest BCUT2D eigenvalue weighted by Gasteiger charge is 2.42. The lowest BCUT2D eigenvalue weighted by atomic mass is 10.1. The van der Waals surface area contributed by atoms with Gasteiger partial charge in [0.05, 0.1) is 31.6 Å². The first-order valence-electron chi connectivity index (χ1n) is 9.91. The van der Waals surface area contributed by atoms with Crippen molar-refractivity contribution in [2.75, 3.05) is 19.3 Å². The van der Waals surface area contributed by atoms with Crippen molar-refractivity contribution in [3.63, 3.8) is 0 Å². The molecule has 3 aliphatic rings. The highest BCUT2D eigenvalue weighted by atomic mass is 32.2. The lowest BCUT2D eigenvalue weighted by molar-refractivity contribution is 0.139. The zero-order valence-corrected chi connectivity index (χ0v) is 17.2. The second kappa shape index (κ2) is 7.06. The Balaban J connectivity index is 1.59. The van der Waals surface area contributed by atoms with E-state index in [1.54, 1.807) is 4.90 Å². The average molecular weight is 410 g/mol. The number of fused-ring (bicyclic) bond motifs is 1. The first kappa shape index (κ1) is 19.2. The van der Waals surface area contributed by atoms with E-state index < -0.39 is 22.1 Å². The maximum absolute atomic E-state index is 13.3. The van der Waals surface area contributed by atoms with E-state index in [4.69, 9.17) is 0 Å². The number of urea groups is 2. The van der Waals surface area contributed by atoms with Crippen molar-refractivity contribution in [3.8, 4) is 0 Å². The summed E-state index contributed by atoms with van der Waals surface area (Å²) in [5, 5.41) is 4.64. The van der Waals surface area contributed by atoms with Crippen LogP contribution < -0.4 is 0 Å². The molecular weight excluding hydrogens is 382 g/mol. The summed E-state index contributed by atoms with van der Waals surface area (Å²) in [6, 6.07) is -1.09. The molecule has 1 saturated heterocycles. The van der Waals surface area contributed by atoms with E-state index in [1.165, 1.54) is 11.3 Å². The van der Waals surface area contributed by atoms with Crippen LogP contribution in [0.1, 0.15) is 49.1 Å². The summed E-state index contributed by atoms with van der Waals surface area (Å²) < 4.78 is 26.3. The van der Waals surface area contributed by atoms with Crippen molar-refractivity contribution in [2.24, 2.45) is 7.05 Å². The Morgan fingerprint density at radius 2 is 1.89 bits per heavy atom. The van der Waals surface area contributed by atoms with Gasteiger partial charge in [-0.1, -0.05) is 12.8 Å².